The minimum absolute atomic E-state index is 0.0513. The highest BCUT2D eigenvalue weighted by Gasteiger charge is 2.37. The lowest BCUT2D eigenvalue weighted by Crippen LogP contribution is -2.32. The molecule has 1 unspecified atom stereocenters. The third-order valence-electron chi connectivity index (χ3n) is 6.72. The molecular formula is C24H27FN4O2. The summed E-state index contributed by atoms with van der Waals surface area (Å²) >= 11 is 0. The van der Waals surface area contributed by atoms with Crippen molar-refractivity contribution in [3.8, 4) is 11.3 Å². The number of fused-ring (bicyclic) bond motifs is 1. The van der Waals surface area contributed by atoms with Crippen LogP contribution in [0.2, 0.25) is 0 Å². The van der Waals surface area contributed by atoms with Crippen LogP contribution < -0.4 is 5.56 Å². The summed E-state index contributed by atoms with van der Waals surface area (Å²) in [4.78, 5) is 31.7. The van der Waals surface area contributed by atoms with Crippen LogP contribution in [0.15, 0.2) is 41.3 Å². The highest BCUT2D eigenvalue weighted by atomic mass is 19.1. The standard InChI is InChI=1S/C24H27FN4O2/c1-24(25)11-12-28(15-24)23(31)19-14-26-29-21(30)13-20(27-22(19)29)18-9-7-17(8-10-18)16-5-3-2-4-6-16/h7-10,13-14,16,26H,2-6,11-12,15H2,1H3. The zero-order valence-corrected chi connectivity index (χ0v) is 17.7. The number of hydrogen-bond donors (Lipinski definition) is 1. The van der Waals surface area contributed by atoms with Gasteiger partial charge in [-0.2, -0.15) is 0 Å². The Hall–Kier alpha value is -2.96. The Balaban J connectivity index is 1.47. The number of carbonyl (C=O) groups is 1. The smallest absolute Gasteiger partial charge is 0.273 e. The quantitative estimate of drug-likeness (QED) is 0.684. The molecule has 1 aromatic carbocycles. The van der Waals surface area contributed by atoms with Gasteiger partial charge >= 0.3 is 0 Å². The second kappa shape index (κ2) is 7.62. The van der Waals surface area contributed by atoms with Crippen molar-refractivity contribution in [2.45, 2.75) is 57.0 Å². The number of hydrogen-bond acceptors (Lipinski definition) is 3. The molecule has 0 radical (unpaired) electrons. The number of amides is 1. The van der Waals surface area contributed by atoms with Crippen molar-refractivity contribution in [2.75, 3.05) is 13.1 Å². The van der Waals surface area contributed by atoms with Gasteiger partial charge in [-0.1, -0.05) is 43.5 Å². The molecule has 7 heteroatoms. The summed E-state index contributed by atoms with van der Waals surface area (Å²) in [5.74, 6) is 0.302. The number of benzene rings is 1. The first-order valence-electron chi connectivity index (χ1n) is 11.1. The van der Waals surface area contributed by atoms with Gasteiger partial charge < -0.3 is 4.90 Å². The molecule has 3 aromatic rings. The van der Waals surface area contributed by atoms with Crippen molar-refractivity contribution in [1.29, 1.82) is 0 Å². The Morgan fingerprint density at radius 1 is 1.19 bits per heavy atom. The molecule has 2 fully saturated rings. The van der Waals surface area contributed by atoms with E-state index in [2.05, 4.69) is 22.2 Å². The normalized spacial score (nSPS) is 22.3. The molecule has 0 spiro atoms. The average Bonchev–Trinajstić information content (AvgIpc) is 3.37. The van der Waals surface area contributed by atoms with E-state index in [9.17, 15) is 14.0 Å². The molecule has 2 aromatic heterocycles. The summed E-state index contributed by atoms with van der Waals surface area (Å²) in [5.41, 5.74) is 1.61. The fourth-order valence-electron chi connectivity index (χ4n) is 4.92. The lowest BCUT2D eigenvalue weighted by Gasteiger charge is -2.22. The summed E-state index contributed by atoms with van der Waals surface area (Å²) in [7, 11) is 0. The van der Waals surface area contributed by atoms with Crippen LogP contribution in [-0.2, 0) is 0 Å². The largest absolute Gasteiger partial charge is 0.335 e. The van der Waals surface area contributed by atoms with E-state index in [0.717, 1.165) is 5.56 Å². The Morgan fingerprint density at radius 3 is 2.61 bits per heavy atom. The third kappa shape index (κ3) is 3.77. The van der Waals surface area contributed by atoms with E-state index in [4.69, 9.17) is 0 Å². The molecule has 1 saturated heterocycles. The van der Waals surface area contributed by atoms with Crippen molar-refractivity contribution >= 4 is 11.6 Å². The summed E-state index contributed by atoms with van der Waals surface area (Å²) < 4.78 is 15.5. The van der Waals surface area contributed by atoms with Crippen LogP contribution >= 0.6 is 0 Å². The molecular weight excluding hydrogens is 395 g/mol. The molecule has 1 aliphatic heterocycles. The Kier molecular flexibility index (Phi) is 4.91. The van der Waals surface area contributed by atoms with E-state index in [-0.39, 0.29) is 29.2 Å². The lowest BCUT2D eigenvalue weighted by atomic mass is 9.84. The maximum atomic E-state index is 14.2. The highest BCUT2D eigenvalue weighted by molar-refractivity contribution is 6.00. The second-order valence-electron chi connectivity index (χ2n) is 9.17. The van der Waals surface area contributed by atoms with Gasteiger partial charge in [0.25, 0.3) is 11.5 Å². The van der Waals surface area contributed by atoms with E-state index >= 15 is 0 Å². The summed E-state index contributed by atoms with van der Waals surface area (Å²) in [6.07, 6.45) is 8.14. The molecule has 1 atom stereocenters. The van der Waals surface area contributed by atoms with Gasteiger partial charge in [0.05, 0.1) is 12.2 Å². The van der Waals surface area contributed by atoms with Gasteiger partial charge in [0.1, 0.15) is 11.2 Å². The van der Waals surface area contributed by atoms with Gasteiger partial charge in [-0.05, 0) is 31.2 Å². The molecule has 6 nitrogen and oxygen atoms in total. The fraction of sp³-hybridized carbons (Fsp3) is 0.458. The molecule has 1 saturated carbocycles. The number of carbonyl (C=O) groups excluding carboxylic acids is 1. The van der Waals surface area contributed by atoms with Gasteiger partial charge in [-0.25, -0.2) is 13.9 Å². The van der Waals surface area contributed by atoms with E-state index in [1.165, 1.54) is 66.3 Å². The van der Waals surface area contributed by atoms with Crippen molar-refractivity contribution in [3.63, 3.8) is 0 Å². The first kappa shape index (κ1) is 20.0. The van der Waals surface area contributed by atoms with E-state index < -0.39 is 5.67 Å². The van der Waals surface area contributed by atoms with Crippen LogP contribution in [0.25, 0.3) is 16.9 Å². The highest BCUT2D eigenvalue weighted by Crippen LogP contribution is 2.33. The molecule has 2 aliphatic rings. The van der Waals surface area contributed by atoms with Gasteiger partial charge in [-0.15, -0.1) is 0 Å². The van der Waals surface area contributed by atoms with Gasteiger partial charge in [0, 0.05) is 30.8 Å². The van der Waals surface area contributed by atoms with Crippen molar-refractivity contribution in [2.24, 2.45) is 0 Å². The van der Waals surface area contributed by atoms with E-state index in [0.29, 0.717) is 24.6 Å². The van der Waals surface area contributed by atoms with Crippen LogP contribution in [-0.4, -0.2) is 44.2 Å². The van der Waals surface area contributed by atoms with Crippen molar-refractivity contribution in [3.05, 3.63) is 58.0 Å². The van der Waals surface area contributed by atoms with Crippen LogP contribution in [0.3, 0.4) is 0 Å². The number of likely N-dealkylation sites (tertiary alicyclic amines) is 1. The number of halogens is 1. The molecule has 31 heavy (non-hydrogen) atoms. The number of aromatic nitrogens is 3. The fourth-order valence-corrected chi connectivity index (χ4v) is 4.92. The van der Waals surface area contributed by atoms with E-state index in [1.807, 2.05) is 12.1 Å². The number of nitrogens with zero attached hydrogens (tertiary/aromatic N) is 3. The molecule has 1 N–H and O–H groups in total. The number of H-pyrrole nitrogens is 1. The monoisotopic (exact) mass is 422 g/mol. The Bertz CT molecular complexity index is 1170. The zero-order chi connectivity index (χ0) is 21.6. The SMILES string of the molecule is CC1(F)CCN(C(=O)c2c[nH]n3c(=O)cc(-c4ccc(C5CCCCC5)cc4)nc23)C1. The second-order valence-corrected chi connectivity index (χ2v) is 9.17. The lowest BCUT2D eigenvalue weighted by molar-refractivity contribution is 0.0762. The minimum Gasteiger partial charge on any atom is -0.335 e. The first-order valence-corrected chi connectivity index (χ1v) is 11.1. The Labute approximate surface area is 180 Å². The van der Waals surface area contributed by atoms with E-state index in [1.54, 1.807) is 0 Å². The van der Waals surface area contributed by atoms with Gasteiger partial charge in [-0.3, -0.25) is 14.7 Å². The summed E-state index contributed by atoms with van der Waals surface area (Å²) in [6, 6.07) is 9.74. The summed E-state index contributed by atoms with van der Waals surface area (Å²) in [6.45, 7) is 1.92. The maximum Gasteiger partial charge on any atom is 0.273 e. The third-order valence-corrected chi connectivity index (χ3v) is 6.72. The number of nitrogens with one attached hydrogen (secondary N) is 1. The number of rotatable bonds is 3. The molecule has 1 amide bonds. The minimum atomic E-state index is -1.38. The number of aromatic amines is 1. The molecule has 162 valence electrons. The molecule has 1 aliphatic carbocycles. The molecule has 3 heterocycles. The summed E-state index contributed by atoms with van der Waals surface area (Å²) in [5, 5.41) is 2.81. The van der Waals surface area contributed by atoms with Crippen molar-refractivity contribution < 1.29 is 9.18 Å². The maximum absolute atomic E-state index is 14.2. The topological polar surface area (TPSA) is 70.5 Å². The zero-order valence-electron chi connectivity index (χ0n) is 17.7. The number of alkyl halides is 1. The van der Waals surface area contributed by atoms with Crippen LogP contribution in [0, 0.1) is 0 Å². The molecule has 5 rings (SSSR count). The van der Waals surface area contributed by atoms with Crippen LogP contribution in [0.4, 0.5) is 4.39 Å². The molecule has 0 bridgehead atoms. The Morgan fingerprint density at radius 2 is 1.94 bits per heavy atom. The predicted molar refractivity (Wildman–Crippen MR) is 117 cm³/mol. The van der Waals surface area contributed by atoms with Gasteiger partial charge in [0.2, 0.25) is 0 Å². The average molecular weight is 423 g/mol. The van der Waals surface area contributed by atoms with Crippen LogP contribution in [0.5, 0.6) is 0 Å². The van der Waals surface area contributed by atoms with Crippen molar-refractivity contribution in [1.82, 2.24) is 19.5 Å². The predicted octanol–water partition coefficient (Wildman–Crippen LogP) is 4.31. The van der Waals surface area contributed by atoms with Crippen LogP contribution in [0.1, 0.15) is 67.3 Å². The first-order chi connectivity index (χ1) is 14.9. The van der Waals surface area contributed by atoms with Gasteiger partial charge in [0.15, 0.2) is 5.65 Å².